The second-order valence-corrected chi connectivity index (χ2v) is 8.62. The topological polar surface area (TPSA) is 95.9 Å². The number of carbonyl (C=O) groups is 2. The van der Waals surface area contributed by atoms with Crippen molar-refractivity contribution in [2.75, 3.05) is 21.3 Å². The summed E-state index contributed by atoms with van der Waals surface area (Å²) in [5.41, 5.74) is 1.06. The second kappa shape index (κ2) is 11.2. The quantitative estimate of drug-likeness (QED) is 0.332. The molecule has 4 aromatic rings. The molecule has 190 valence electrons. The van der Waals surface area contributed by atoms with Crippen molar-refractivity contribution in [3.05, 3.63) is 98.8 Å². The van der Waals surface area contributed by atoms with Crippen molar-refractivity contribution in [3.8, 4) is 17.2 Å². The van der Waals surface area contributed by atoms with Gasteiger partial charge in [-0.05, 0) is 48.0 Å². The van der Waals surface area contributed by atoms with Gasteiger partial charge in [-0.15, -0.1) is 0 Å². The molecule has 1 N–H and O–H groups in total. The molecule has 0 fully saturated rings. The van der Waals surface area contributed by atoms with Gasteiger partial charge in [0.25, 0.3) is 0 Å². The van der Waals surface area contributed by atoms with Gasteiger partial charge in [0.2, 0.25) is 11.3 Å². The molecule has 0 saturated carbocycles. The van der Waals surface area contributed by atoms with Gasteiger partial charge in [0.15, 0.2) is 17.3 Å². The first-order valence-electron chi connectivity index (χ1n) is 11.3. The van der Waals surface area contributed by atoms with Crippen LogP contribution in [0.3, 0.4) is 0 Å². The maximum atomic E-state index is 13.4. The van der Waals surface area contributed by atoms with Crippen LogP contribution in [0.15, 0.2) is 71.7 Å². The molecule has 4 rings (SSSR count). The average Bonchev–Trinajstić information content (AvgIpc) is 2.93. The van der Waals surface area contributed by atoms with E-state index >= 15 is 0 Å². The molecule has 0 radical (unpaired) electrons. The normalized spacial score (nSPS) is 10.7. The molecule has 1 amide bonds. The van der Waals surface area contributed by atoms with Crippen LogP contribution in [0.4, 0.5) is 0 Å². The molecule has 0 aliphatic rings. The van der Waals surface area contributed by atoms with Crippen molar-refractivity contribution >= 4 is 34.2 Å². The number of nitrogens with one attached hydrogen (secondary N) is 1. The van der Waals surface area contributed by atoms with Gasteiger partial charge in [0.1, 0.15) is 12.3 Å². The number of amides is 1. The number of pyridine rings is 1. The number of halogens is 1. The summed E-state index contributed by atoms with van der Waals surface area (Å²) in [6.45, 7) is 0.165. The van der Waals surface area contributed by atoms with Crippen molar-refractivity contribution in [1.29, 1.82) is 0 Å². The number of hydrogen-bond acceptors (Lipinski definition) is 6. The summed E-state index contributed by atoms with van der Waals surface area (Å²) >= 11 is 5.95. The predicted molar refractivity (Wildman–Crippen MR) is 141 cm³/mol. The Morgan fingerprint density at radius 3 is 2.16 bits per heavy atom. The highest BCUT2D eigenvalue weighted by Gasteiger charge is 2.20. The molecule has 9 heteroatoms. The first-order chi connectivity index (χ1) is 17.8. The fraction of sp³-hybridized carbons (Fsp3) is 0.179. The Morgan fingerprint density at radius 1 is 0.892 bits per heavy atom. The van der Waals surface area contributed by atoms with Crippen LogP contribution in [0.25, 0.3) is 10.9 Å². The van der Waals surface area contributed by atoms with Crippen LogP contribution in [0.2, 0.25) is 5.02 Å². The third-order valence-corrected chi connectivity index (χ3v) is 6.15. The first-order valence-corrected chi connectivity index (χ1v) is 11.7. The van der Waals surface area contributed by atoms with E-state index in [-0.39, 0.29) is 23.4 Å². The van der Waals surface area contributed by atoms with Crippen LogP contribution in [0.5, 0.6) is 17.2 Å². The Hall–Kier alpha value is -4.30. The number of methoxy groups -OCH3 is 3. The Labute approximate surface area is 218 Å². The Kier molecular flexibility index (Phi) is 7.79. The first kappa shape index (κ1) is 25.8. The number of ether oxygens (including phenoxy) is 3. The maximum Gasteiger partial charge on any atom is 0.240 e. The Balaban J connectivity index is 1.72. The number of hydrogen-bond donors (Lipinski definition) is 1. The van der Waals surface area contributed by atoms with E-state index in [9.17, 15) is 14.4 Å². The van der Waals surface area contributed by atoms with Crippen molar-refractivity contribution in [3.63, 3.8) is 0 Å². The lowest BCUT2D eigenvalue weighted by atomic mass is 10.0. The zero-order valence-corrected chi connectivity index (χ0v) is 21.3. The van der Waals surface area contributed by atoms with E-state index in [0.29, 0.717) is 34.1 Å². The van der Waals surface area contributed by atoms with E-state index in [2.05, 4.69) is 5.32 Å². The summed E-state index contributed by atoms with van der Waals surface area (Å²) in [4.78, 5) is 39.6. The molecule has 8 nitrogen and oxygen atoms in total. The third-order valence-electron chi connectivity index (χ3n) is 5.90. The maximum absolute atomic E-state index is 13.4. The Bertz CT molecular complexity index is 1510. The Morgan fingerprint density at radius 2 is 1.54 bits per heavy atom. The molecule has 0 spiro atoms. The summed E-state index contributed by atoms with van der Waals surface area (Å²) < 4.78 is 17.5. The summed E-state index contributed by atoms with van der Waals surface area (Å²) in [5.74, 6) is 0.653. The average molecular weight is 521 g/mol. The monoisotopic (exact) mass is 520 g/mol. The van der Waals surface area contributed by atoms with E-state index < -0.39 is 11.2 Å². The number of ketones is 1. The molecule has 37 heavy (non-hydrogen) atoms. The highest BCUT2D eigenvalue weighted by molar-refractivity contribution is 6.30. The summed E-state index contributed by atoms with van der Waals surface area (Å²) in [6.07, 6.45) is 1.40. The van der Waals surface area contributed by atoms with Gasteiger partial charge in [-0.1, -0.05) is 23.7 Å². The zero-order valence-electron chi connectivity index (χ0n) is 20.5. The van der Waals surface area contributed by atoms with Crippen LogP contribution in [-0.4, -0.2) is 37.6 Å². The second-order valence-electron chi connectivity index (χ2n) is 8.18. The van der Waals surface area contributed by atoms with Crippen molar-refractivity contribution in [2.45, 2.75) is 13.1 Å². The van der Waals surface area contributed by atoms with Crippen molar-refractivity contribution < 1.29 is 23.8 Å². The van der Waals surface area contributed by atoms with Gasteiger partial charge in [-0.25, -0.2) is 0 Å². The van der Waals surface area contributed by atoms with E-state index in [4.69, 9.17) is 25.8 Å². The summed E-state index contributed by atoms with van der Waals surface area (Å²) in [6, 6.07) is 16.7. The minimum Gasteiger partial charge on any atom is -0.497 e. The van der Waals surface area contributed by atoms with Crippen molar-refractivity contribution in [2.24, 2.45) is 0 Å². The minimum atomic E-state index is -0.481. The smallest absolute Gasteiger partial charge is 0.240 e. The number of nitrogens with zero attached hydrogens (tertiary/aromatic N) is 1. The molecule has 0 saturated heterocycles. The summed E-state index contributed by atoms with van der Waals surface area (Å²) in [5, 5.41) is 3.56. The fourth-order valence-electron chi connectivity index (χ4n) is 3.92. The number of rotatable bonds is 9. The standard InChI is InChI=1S/C28H25ClN2O6/c1-35-20-10-4-17(5-11-20)14-30-26(32)16-31-15-22(27(33)18-6-8-19(29)9-7-18)28(34)21-12-24(36-2)25(37-3)13-23(21)31/h4-13,15H,14,16H2,1-3H3,(H,30,32). The molecule has 0 atom stereocenters. The number of benzene rings is 3. The predicted octanol–water partition coefficient (Wildman–Crippen LogP) is 4.23. The molecular weight excluding hydrogens is 496 g/mol. The number of aromatic nitrogens is 1. The van der Waals surface area contributed by atoms with Crippen LogP contribution in [0.1, 0.15) is 21.5 Å². The van der Waals surface area contributed by atoms with Gasteiger partial charge in [-0.2, -0.15) is 0 Å². The molecule has 1 heterocycles. The largest absolute Gasteiger partial charge is 0.497 e. The molecule has 0 aliphatic heterocycles. The minimum absolute atomic E-state index is 0.0787. The SMILES string of the molecule is COc1ccc(CNC(=O)Cn2cc(C(=O)c3ccc(Cl)cc3)c(=O)c3cc(OC)c(OC)cc32)cc1. The van der Waals surface area contributed by atoms with E-state index in [0.717, 1.165) is 11.3 Å². The highest BCUT2D eigenvalue weighted by atomic mass is 35.5. The van der Waals surface area contributed by atoms with Gasteiger partial charge >= 0.3 is 0 Å². The van der Waals surface area contributed by atoms with E-state index in [1.165, 1.54) is 26.5 Å². The summed E-state index contributed by atoms with van der Waals surface area (Å²) in [7, 11) is 4.52. The molecule has 0 aliphatic carbocycles. The third kappa shape index (κ3) is 5.59. The van der Waals surface area contributed by atoms with Gasteiger partial charge < -0.3 is 24.1 Å². The molecule has 1 aromatic heterocycles. The van der Waals surface area contributed by atoms with Gasteiger partial charge in [-0.3, -0.25) is 14.4 Å². The molecule has 0 bridgehead atoms. The van der Waals surface area contributed by atoms with Gasteiger partial charge in [0, 0.05) is 29.4 Å². The van der Waals surface area contributed by atoms with E-state index in [1.54, 1.807) is 42.0 Å². The molecular formula is C28H25ClN2O6. The highest BCUT2D eigenvalue weighted by Crippen LogP contribution is 2.31. The van der Waals surface area contributed by atoms with Gasteiger partial charge in [0.05, 0.1) is 37.8 Å². The van der Waals surface area contributed by atoms with Crippen LogP contribution in [-0.2, 0) is 17.9 Å². The van der Waals surface area contributed by atoms with E-state index in [1.807, 2.05) is 24.3 Å². The zero-order chi connectivity index (χ0) is 26.5. The molecule has 3 aromatic carbocycles. The van der Waals surface area contributed by atoms with Crippen LogP contribution < -0.4 is 25.0 Å². The lowest BCUT2D eigenvalue weighted by Crippen LogP contribution is -2.29. The lowest BCUT2D eigenvalue weighted by Gasteiger charge is -2.16. The lowest BCUT2D eigenvalue weighted by molar-refractivity contribution is -0.121. The van der Waals surface area contributed by atoms with Crippen LogP contribution >= 0.6 is 11.6 Å². The number of fused-ring (bicyclic) bond motifs is 1. The fourth-order valence-corrected chi connectivity index (χ4v) is 4.05. The van der Waals surface area contributed by atoms with Crippen LogP contribution in [0, 0.1) is 0 Å². The molecule has 0 unspecified atom stereocenters. The van der Waals surface area contributed by atoms with Crippen molar-refractivity contribution in [1.82, 2.24) is 9.88 Å². The number of carbonyl (C=O) groups excluding carboxylic acids is 2.